The minimum Gasteiger partial charge on any atom is -1.00 e. The summed E-state index contributed by atoms with van der Waals surface area (Å²) in [7, 11) is -2.12. The van der Waals surface area contributed by atoms with Gasteiger partial charge in [-0.3, -0.25) is 0 Å². The molecular formula is C26H20ClFNOP. The molecule has 0 aliphatic carbocycles. The van der Waals surface area contributed by atoms with Crippen LogP contribution in [0, 0.1) is 5.82 Å². The first-order valence-electron chi connectivity index (χ1n) is 9.86. The molecule has 0 fully saturated rings. The quantitative estimate of drug-likeness (QED) is 0.387. The summed E-state index contributed by atoms with van der Waals surface area (Å²) in [5.41, 5.74) is 0.775. The maximum Gasteiger partial charge on any atom is 0.234 e. The number of oxazole rings is 1. The largest absolute Gasteiger partial charge is 1.00 e. The molecule has 0 atom stereocenters. The molecule has 0 saturated heterocycles. The lowest BCUT2D eigenvalue weighted by molar-refractivity contribution is -0.00000704. The number of nitrogens with zero attached hydrogens (tertiary/aromatic N) is 1. The lowest BCUT2D eigenvalue weighted by Crippen LogP contribution is -3.00. The molecule has 31 heavy (non-hydrogen) atoms. The average Bonchev–Trinajstić information content (AvgIpc) is 3.23. The van der Waals surface area contributed by atoms with Crippen LogP contribution in [0.25, 0.3) is 11.1 Å². The molecule has 0 N–H and O–H groups in total. The van der Waals surface area contributed by atoms with E-state index in [2.05, 4.69) is 77.8 Å². The number of hydrogen-bond acceptors (Lipinski definition) is 2. The van der Waals surface area contributed by atoms with E-state index >= 15 is 0 Å². The molecule has 0 saturated carbocycles. The summed E-state index contributed by atoms with van der Waals surface area (Å²) < 4.78 is 20.2. The standard InChI is InChI=1S/C26H20FNOP.ClH/c27-23-17-10-18-24-26(23)29-25(28-24)19-30(20-11-4-1-5-12-20,21-13-6-2-7-14-21)22-15-8-3-9-16-22;/h1-18H,19H2;1H/q+1;/p-1. The molecule has 0 unspecified atom stereocenters. The van der Waals surface area contributed by atoms with Crippen LogP contribution in [-0.2, 0) is 6.16 Å². The van der Waals surface area contributed by atoms with E-state index in [9.17, 15) is 4.39 Å². The van der Waals surface area contributed by atoms with Crippen LogP contribution in [-0.4, -0.2) is 4.98 Å². The zero-order chi connectivity index (χ0) is 20.4. The fourth-order valence-electron chi connectivity index (χ4n) is 4.00. The van der Waals surface area contributed by atoms with Gasteiger partial charge >= 0.3 is 0 Å². The Morgan fingerprint density at radius 2 is 1.13 bits per heavy atom. The molecule has 5 heteroatoms. The lowest BCUT2D eigenvalue weighted by Gasteiger charge is -2.26. The van der Waals surface area contributed by atoms with Crippen molar-refractivity contribution in [3.8, 4) is 0 Å². The molecule has 1 aromatic heterocycles. The Kier molecular flexibility index (Phi) is 6.18. The van der Waals surface area contributed by atoms with Crippen LogP contribution in [0.15, 0.2) is 114 Å². The zero-order valence-corrected chi connectivity index (χ0v) is 18.3. The summed E-state index contributed by atoms with van der Waals surface area (Å²) in [6.45, 7) is 0. The van der Waals surface area contributed by atoms with Gasteiger partial charge in [-0.25, -0.2) is 9.37 Å². The Hall–Kier alpha value is -3.00. The van der Waals surface area contributed by atoms with Crippen molar-refractivity contribution in [1.29, 1.82) is 0 Å². The van der Waals surface area contributed by atoms with Gasteiger partial charge < -0.3 is 16.8 Å². The van der Waals surface area contributed by atoms with Gasteiger partial charge in [-0.15, -0.1) is 0 Å². The third kappa shape index (κ3) is 3.87. The molecule has 0 bridgehead atoms. The van der Waals surface area contributed by atoms with Gasteiger partial charge in [0.05, 0.1) is 0 Å². The second-order valence-corrected chi connectivity index (χ2v) is 10.7. The molecule has 5 rings (SSSR count). The summed E-state index contributed by atoms with van der Waals surface area (Å²) in [6.07, 6.45) is 0.582. The zero-order valence-electron chi connectivity index (χ0n) is 16.7. The van der Waals surface area contributed by atoms with Crippen LogP contribution in [0.1, 0.15) is 5.89 Å². The molecule has 2 nitrogen and oxygen atoms in total. The molecule has 5 aromatic rings. The molecule has 0 amide bonds. The Balaban J connectivity index is 0.00000231. The average molecular weight is 448 g/mol. The van der Waals surface area contributed by atoms with Gasteiger partial charge in [0.1, 0.15) is 34.9 Å². The van der Waals surface area contributed by atoms with Gasteiger partial charge in [0.2, 0.25) is 5.89 Å². The van der Waals surface area contributed by atoms with Crippen molar-refractivity contribution in [2.45, 2.75) is 6.16 Å². The highest BCUT2D eigenvalue weighted by atomic mass is 35.5. The second kappa shape index (κ2) is 9.01. The minimum absolute atomic E-state index is 0. The Morgan fingerprint density at radius 3 is 1.58 bits per heavy atom. The number of hydrogen-bond donors (Lipinski definition) is 0. The maximum absolute atomic E-state index is 14.3. The van der Waals surface area contributed by atoms with Gasteiger partial charge in [0.25, 0.3) is 0 Å². The van der Waals surface area contributed by atoms with E-state index in [0.717, 1.165) is 0 Å². The molecule has 0 aliphatic heterocycles. The number of benzene rings is 4. The van der Waals surface area contributed by atoms with Crippen LogP contribution in [0.5, 0.6) is 0 Å². The van der Waals surface area contributed by atoms with Crippen molar-refractivity contribution in [1.82, 2.24) is 4.98 Å². The molecular weight excluding hydrogens is 428 g/mol. The summed E-state index contributed by atoms with van der Waals surface area (Å²) in [4.78, 5) is 4.66. The smallest absolute Gasteiger partial charge is 0.234 e. The van der Waals surface area contributed by atoms with E-state index < -0.39 is 7.26 Å². The van der Waals surface area contributed by atoms with E-state index in [1.165, 1.54) is 22.0 Å². The topological polar surface area (TPSA) is 26.0 Å². The number of halogens is 2. The van der Waals surface area contributed by atoms with E-state index in [4.69, 9.17) is 4.42 Å². The maximum atomic E-state index is 14.3. The van der Waals surface area contributed by atoms with Crippen LogP contribution in [0.3, 0.4) is 0 Å². The predicted octanol–water partition coefficient (Wildman–Crippen LogP) is 2.47. The fraction of sp³-hybridized carbons (Fsp3) is 0.0385. The molecule has 4 aromatic carbocycles. The van der Waals surface area contributed by atoms with E-state index in [0.29, 0.717) is 17.6 Å². The Labute approximate surface area is 187 Å². The first-order chi connectivity index (χ1) is 14.8. The van der Waals surface area contributed by atoms with Gasteiger partial charge in [0.15, 0.2) is 11.4 Å². The third-order valence-electron chi connectivity index (χ3n) is 5.37. The second-order valence-electron chi connectivity index (χ2n) is 7.17. The van der Waals surface area contributed by atoms with Crippen LogP contribution in [0.2, 0.25) is 0 Å². The van der Waals surface area contributed by atoms with Crippen LogP contribution in [0.4, 0.5) is 4.39 Å². The van der Waals surface area contributed by atoms with Gasteiger partial charge in [0, 0.05) is 0 Å². The molecule has 0 spiro atoms. The molecule has 1 heterocycles. The summed E-state index contributed by atoms with van der Waals surface area (Å²) >= 11 is 0. The highest BCUT2D eigenvalue weighted by Gasteiger charge is 2.47. The molecule has 0 radical (unpaired) electrons. The van der Waals surface area contributed by atoms with Gasteiger partial charge in [-0.1, -0.05) is 60.7 Å². The SMILES string of the molecule is Fc1cccc2nc(C[P+](c3ccccc3)(c3ccccc3)c3ccccc3)oc12.[Cl-]. The normalized spacial score (nSPS) is 11.3. The number of para-hydroxylation sites is 1. The van der Waals surface area contributed by atoms with E-state index in [1.54, 1.807) is 12.1 Å². The van der Waals surface area contributed by atoms with E-state index in [1.807, 2.05) is 18.2 Å². The van der Waals surface area contributed by atoms with Crippen molar-refractivity contribution in [3.63, 3.8) is 0 Å². The van der Waals surface area contributed by atoms with Crippen LogP contribution >= 0.6 is 7.26 Å². The van der Waals surface area contributed by atoms with Gasteiger partial charge in [-0.05, 0) is 48.5 Å². The lowest BCUT2D eigenvalue weighted by atomic mass is 10.3. The highest BCUT2D eigenvalue weighted by Crippen LogP contribution is 2.58. The summed E-state index contributed by atoms with van der Waals surface area (Å²) in [6, 6.07) is 36.4. The molecule has 154 valence electrons. The number of aromatic nitrogens is 1. The monoisotopic (exact) mass is 447 g/mol. The number of fused-ring (bicyclic) bond motifs is 1. The number of rotatable bonds is 5. The molecule has 0 aliphatic rings. The Bertz CT molecular complexity index is 1180. The predicted molar refractivity (Wildman–Crippen MR) is 123 cm³/mol. The minimum atomic E-state index is -2.12. The van der Waals surface area contributed by atoms with Crippen LogP contribution < -0.4 is 28.3 Å². The first-order valence-corrected chi connectivity index (χ1v) is 11.8. The van der Waals surface area contributed by atoms with Gasteiger partial charge in [-0.2, -0.15) is 0 Å². The fourth-order valence-corrected chi connectivity index (χ4v) is 8.03. The summed E-state index contributed by atoms with van der Waals surface area (Å²) in [5.74, 6) is 0.175. The highest BCUT2D eigenvalue weighted by molar-refractivity contribution is 7.95. The van der Waals surface area contributed by atoms with Crippen molar-refractivity contribution >= 4 is 34.3 Å². The van der Waals surface area contributed by atoms with Crippen molar-refractivity contribution in [2.24, 2.45) is 0 Å². The third-order valence-corrected chi connectivity index (χ3v) is 9.66. The van der Waals surface area contributed by atoms with Crippen molar-refractivity contribution < 1.29 is 21.2 Å². The van der Waals surface area contributed by atoms with E-state index in [-0.39, 0.29) is 23.8 Å². The van der Waals surface area contributed by atoms with Crippen molar-refractivity contribution in [2.75, 3.05) is 0 Å². The van der Waals surface area contributed by atoms with Crippen molar-refractivity contribution in [3.05, 3.63) is 121 Å². The Morgan fingerprint density at radius 1 is 0.645 bits per heavy atom. The summed E-state index contributed by atoms with van der Waals surface area (Å²) in [5, 5.41) is 3.72. The first kappa shape index (κ1) is 21.2.